The van der Waals surface area contributed by atoms with Crippen LogP contribution in [-0.2, 0) is 0 Å². The molecule has 1 atom stereocenters. The molecule has 0 radical (unpaired) electrons. The summed E-state index contributed by atoms with van der Waals surface area (Å²) in [4.78, 5) is 0. The molecule has 0 nitrogen and oxygen atoms in total. The van der Waals surface area contributed by atoms with E-state index in [1.54, 1.807) is 22.3 Å². The third-order valence-electron chi connectivity index (χ3n) is 4.89. The summed E-state index contributed by atoms with van der Waals surface area (Å²) < 4.78 is 0. The first-order valence-corrected chi connectivity index (χ1v) is 7.59. The van der Waals surface area contributed by atoms with Crippen molar-refractivity contribution in [2.75, 3.05) is 0 Å². The number of rotatable bonds is 3. The van der Waals surface area contributed by atoms with Gasteiger partial charge in [-0.05, 0) is 55.0 Å². The number of allylic oxidation sites excluding steroid dienone is 4. The molecule has 102 valence electrons. The maximum absolute atomic E-state index is 2.41. The van der Waals surface area contributed by atoms with Crippen molar-refractivity contribution in [1.29, 1.82) is 0 Å². The van der Waals surface area contributed by atoms with Crippen LogP contribution in [0.2, 0.25) is 5.31 Å². The van der Waals surface area contributed by atoms with Crippen molar-refractivity contribution in [3.63, 3.8) is 0 Å². The van der Waals surface area contributed by atoms with Crippen LogP contribution in [-0.4, -0.2) is 7.85 Å². The number of hydrogen-bond acceptors (Lipinski definition) is 0. The molecule has 0 aromatic heterocycles. The van der Waals surface area contributed by atoms with Crippen molar-refractivity contribution in [1.82, 2.24) is 0 Å². The summed E-state index contributed by atoms with van der Waals surface area (Å²) in [7, 11) is 2.41. The van der Waals surface area contributed by atoms with Gasteiger partial charge in [0, 0.05) is 0 Å². The van der Waals surface area contributed by atoms with E-state index in [-0.39, 0.29) is 0 Å². The second-order valence-corrected chi connectivity index (χ2v) is 7.25. The molecule has 0 amide bonds. The quantitative estimate of drug-likeness (QED) is 0.619. The van der Waals surface area contributed by atoms with Gasteiger partial charge >= 0.3 is 0 Å². The van der Waals surface area contributed by atoms with E-state index in [0.29, 0.717) is 17.2 Å². The zero-order valence-electron chi connectivity index (χ0n) is 13.8. The average Bonchev–Trinajstić information content (AvgIpc) is 2.23. The molecule has 1 heteroatoms. The smallest absolute Gasteiger partial charge is 0.0719 e. The Bertz CT molecular complexity index is 367. The van der Waals surface area contributed by atoms with Gasteiger partial charge in [-0.3, -0.25) is 0 Å². The van der Waals surface area contributed by atoms with Gasteiger partial charge in [-0.2, -0.15) is 0 Å². The van der Waals surface area contributed by atoms with E-state index >= 15 is 0 Å². The lowest BCUT2D eigenvalue weighted by Gasteiger charge is -2.36. The molecule has 0 aromatic rings. The van der Waals surface area contributed by atoms with Crippen LogP contribution in [0.25, 0.3) is 0 Å². The Hall–Kier alpha value is -0.455. The van der Waals surface area contributed by atoms with E-state index in [9.17, 15) is 0 Å². The average molecular weight is 246 g/mol. The van der Waals surface area contributed by atoms with Crippen LogP contribution in [0.4, 0.5) is 0 Å². The second kappa shape index (κ2) is 5.67. The first-order valence-electron chi connectivity index (χ1n) is 7.59. The topological polar surface area (TPSA) is 0 Å². The fourth-order valence-electron chi connectivity index (χ4n) is 3.18. The Balaban J connectivity index is 3.36. The maximum Gasteiger partial charge on any atom is 0.114 e. The third-order valence-corrected chi connectivity index (χ3v) is 4.89. The van der Waals surface area contributed by atoms with E-state index in [2.05, 4.69) is 56.3 Å². The Morgan fingerprint density at radius 1 is 1.17 bits per heavy atom. The van der Waals surface area contributed by atoms with Crippen molar-refractivity contribution >= 4 is 7.85 Å². The summed E-state index contributed by atoms with van der Waals surface area (Å²) in [5.41, 5.74) is 6.55. The fraction of sp³-hybridized carbons (Fsp3) is 0.765. The lowest BCUT2D eigenvalue weighted by Crippen LogP contribution is -2.19. The molecule has 0 heterocycles. The largest absolute Gasteiger partial charge is 0.114 e. The molecule has 18 heavy (non-hydrogen) atoms. The monoisotopic (exact) mass is 246 g/mol. The minimum atomic E-state index is 0.394. The zero-order chi connectivity index (χ0) is 14.1. The fourth-order valence-corrected chi connectivity index (χ4v) is 3.18. The van der Waals surface area contributed by atoms with E-state index in [0.717, 1.165) is 0 Å². The van der Waals surface area contributed by atoms with E-state index in [1.807, 2.05) is 0 Å². The van der Waals surface area contributed by atoms with Gasteiger partial charge in [0.2, 0.25) is 0 Å². The molecule has 0 bridgehead atoms. The van der Waals surface area contributed by atoms with Gasteiger partial charge < -0.3 is 0 Å². The molecule has 1 aliphatic carbocycles. The first-order chi connectivity index (χ1) is 8.18. The molecular formula is C17H31B. The van der Waals surface area contributed by atoms with Crippen molar-refractivity contribution in [3.8, 4) is 0 Å². The SMILES string of the molecule is BC1(C)CCCC(/C(=C(\C)C(C)C)C(C)C)=C1C. The van der Waals surface area contributed by atoms with Crippen LogP contribution < -0.4 is 0 Å². The van der Waals surface area contributed by atoms with Gasteiger partial charge in [-0.1, -0.05) is 52.2 Å². The van der Waals surface area contributed by atoms with Gasteiger partial charge in [-0.15, -0.1) is 0 Å². The third kappa shape index (κ3) is 3.10. The molecule has 1 aliphatic rings. The van der Waals surface area contributed by atoms with E-state index in [1.165, 1.54) is 19.3 Å². The Labute approximate surface area is 115 Å². The molecule has 0 aromatic carbocycles. The Morgan fingerprint density at radius 3 is 2.17 bits per heavy atom. The summed E-state index contributed by atoms with van der Waals surface area (Å²) in [5.74, 6) is 1.30. The molecule has 0 saturated carbocycles. The van der Waals surface area contributed by atoms with Gasteiger partial charge in [0.05, 0.1) is 0 Å². The molecule has 1 unspecified atom stereocenters. The van der Waals surface area contributed by atoms with Crippen LogP contribution in [0.3, 0.4) is 0 Å². The predicted octanol–water partition coefficient (Wildman–Crippen LogP) is 4.93. The van der Waals surface area contributed by atoms with Crippen molar-refractivity contribution in [2.24, 2.45) is 11.8 Å². The van der Waals surface area contributed by atoms with Crippen LogP contribution in [0.15, 0.2) is 22.3 Å². The molecule has 0 N–H and O–H groups in total. The minimum absolute atomic E-state index is 0.394. The highest BCUT2D eigenvalue weighted by molar-refractivity contribution is 6.17. The highest BCUT2D eigenvalue weighted by atomic mass is 14.3. The van der Waals surface area contributed by atoms with E-state index < -0.39 is 0 Å². The highest BCUT2D eigenvalue weighted by Gasteiger charge is 2.29. The first kappa shape index (κ1) is 15.6. The van der Waals surface area contributed by atoms with Gasteiger partial charge in [-0.25, -0.2) is 0 Å². The van der Waals surface area contributed by atoms with E-state index in [4.69, 9.17) is 0 Å². The molecular weight excluding hydrogens is 215 g/mol. The molecule has 0 fully saturated rings. The zero-order valence-corrected chi connectivity index (χ0v) is 13.8. The van der Waals surface area contributed by atoms with Gasteiger partial charge in [0.25, 0.3) is 0 Å². The Morgan fingerprint density at radius 2 is 1.72 bits per heavy atom. The van der Waals surface area contributed by atoms with Crippen LogP contribution in [0.1, 0.15) is 67.7 Å². The number of hydrogen-bond donors (Lipinski definition) is 0. The van der Waals surface area contributed by atoms with Crippen molar-refractivity contribution in [3.05, 3.63) is 22.3 Å². The summed E-state index contributed by atoms with van der Waals surface area (Å²) in [6.45, 7) is 16.5. The van der Waals surface area contributed by atoms with Crippen molar-refractivity contribution < 1.29 is 0 Å². The summed E-state index contributed by atoms with van der Waals surface area (Å²) in [5, 5.41) is 0.394. The normalized spacial score (nSPS) is 26.9. The second-order valence-electron chi connectivity index (χ2n) is 7.25. The van der Waals surface area contributed by atoms with Crippen molar-refractivity contribution in [2.45, 2.75) is 73.0 Å². The standard InChI is InChI=1S/C17H31B/c1-11(2)13(5)16(12(3)4)15-9-8-10-17(7,18)14(15)6/h11-12H,8-10,18H2,1-7H3/b16-13+. The van der Waals surface area contributed by atoms with Crippen LogP contribution >= 0.6 is 0 Å². The molecule has 0 saturated heterocycles. The van der Waals surface area contributed by atoms with Crippen LogP contribution in [0, 0.1) is 11.8 Å². The van der Waals surface area contributed by atoms with Gasteiger partial charge in [0.1, 0.15) is 7.85 Å². The summed E-state index contributed by atoms with van der Waals surface area (Å²) in [6.07, 6.45) is 3.97. The minimum Gasteiger partial charge on any atom is -0.0719 e. The lowest BCUT2D eigenvalue weighted by molar-refractivity contribution is 0.546. The molecule has 0 spiro atoms. The molecule has 1 rings (SSSR count). The van der Waals surface area contributed by atoms with Crippen LogP contribution in [0.5, 0.6) is 0 Å². The summed E-state index contributed by atoms with van der Waals surface area (Å²) >= 11 is 0. The maximum atomic E-state index is 2.41. The summed E-state index contributed by atoms with van der Waals surface area (Å²) in [6, 6.07) is 0. The lowest BCUT2D eigenvalue weighted by atomic mass is 9.58. The predicted molar refractivity (Wildman–Crippen MR) is 85.8 cm³/mol. The van der Waals surface area contributed by atoms with Gasteiger partial charge in [0.15, 0.2) is 0 Å². The highest BCUT2D eigenvalue weighted by Crippen LogP contribution is 2.47. The Kier molecular flexibility index (Phi) is 4.92. The molecule has 0 aliphatic heterocycles.